The van der Waals surface area contributed by atoms with E-state index >= 15 is 0 Å². The number of nitrogens with one attached hydrogen (secondary N) is 2. The van der Waals surface area contributed by atoms with Gasteiger partial charge in [-0.2, -0.15) is 0 Å². The fraction of sp³-hybridized carbons (Fsp3) is 0.714. The van der Waals surface area contributed by atoms with Gasteiger partial charge < -0.3 is 10.1 Å². The lowest BCUT2D eigenvalue weighted by Gasteiger charge is -2.15. The third-order valence-electron chi connectivity index (χ3n) is 2.90. The van der Waals surface area contributed by atoms with Gasteiger partial charge in [-0.05, 0) is 44.7 Å². The van der Waals surface area contributed by atoms with Crippen LogP contribution in [0, 0.1) is 6.92 Å². The minimum Gasteiger partial charge on any atom is -0.380 e. The van der Waals surface area contributed by atoms with E-state index in [4.69, 9.17) is 4.74 Å². The predicted molar refractivity (Wildman–Crippen MR) is 87.3 cm³/mol. The van der Waals surface area contributed by atoms with Crippen LogP contribution in [-0.2, 0) is 21.3 Å². The third kappa shape index (κ3) is 5.67. The third-order valence-corrected chi connectivity index (χ3v) is 5.95. The van der Waals surface area contributed by atoms with Gasteiger partial charge in [0.1, 0.15) is 4.90 Å². The Morgan fingerprint density at radius 3 is 2.71 bits per heavy atom. The van der Waals surface area contributed by atoms with Crippen molar-refractivity contribution in [3.05, 3.63) is 15.8 Å². The van der Waals surface area contributed by atoms with Crippen LogP contribution in [0.25, 0.3) is 0 Å². The lowest BCUT2D eigenvalue weighted by molar-refractivity contribution is 0.133. The largest absolute Gasteiger partial charge is 0.380 e. The molecule has 0 spiro atoms. The SMILES string of the molecule is CCCNCc1scc(C)c1S(=O)(=O)NC(C)COCC. The lowest BCUT2D eigenvalue weighted by atomic mass is 10.3. The Labute approximate surface area is 132 Å². The first kappa shape index (κ1) is 18.6. The van der Waals surface area contributed by atoms with E-state index in [0.717, 1.165) is 23.4 Å². The first-order chi connectivity index (χ1) is 9.92. The van der Waals surface area contributed by atoms with Gasteiger partial charge in [0.15, 0.2) is 0 Å². The van der Waals surface area contributed by atoms with Gasteiger partial charge in [-0.3, -0.25) is 0 Å². The highest BCUT2D eigenvalue weighted by Gasteiger charge is 2.24. The monoisotopic (exact) mass is 334 g/mol. The number of thiophene rings is 1. The summed E-state index contributed by atoms with van der Waals surface area (Å²) in [6.07, 6.45) is 1.02. The van der Waals surface area contributed by atoms with Gasteiger partial charge >= 0.3 is 0 Å². The molecule has 0 fully saturated rings. The minimum absolute atomic E-state index is 0.245. The van der Waals surface area contributed by atoms with E-state index in [-0.39, 0.29) is 6.04 Å². The molecule has 1 heterocycles. The standard InChI is InChI=1S/C14H26N2O3S2/c1-5-7-15-8-13-14(11(3)10-20-13)21(17,18)16-12(4)9-19-6-2/h10,12,15-16H,5-9H2,1-4H3. The topological polar surface area (TPSA) is 67.4 Å². The summed E-state index contributed by atoms with van der Waals surface area (Å²) in [7, 11) is -3.50. The molecule has 1 atom stereocenters. The molecule has 1 unspecified atom stereocenters. The van der Waals surface area contributed by atoms with Crippen LogP contribution in [0.15, 0.2) is 10.3 Å². The number of rotatable bonds is 10. The smallest absolute Gasteiger partial charge is 0.242 e. The number of hydrogen-bond donors (Lipinski definition) is 2. The fourth-order valence-corrected chi connectivity index (χ4v) is 5.01. The van der Waals surface area contributed by atoms with Crippen molar-refractivity contribution in [2.24, 2.45) is 0 Å². The molecule has 122 valence electrons. The molecule has 2 N–H and O–H groups in total. The van der Waals surface area contributed by atoms with Crippen molar-refractivity contribution in [1.82, 2.24) is 10.0 Å². The van der Waals surface area contributed by atoms with E-state index in [2.05, 4.69) is 17.0 Å². The molecule has 7 heteroatoms. The summed E-state index contributed by atoms with van der Waals surface area (Å²) >= 11 is 1.49. The molecule has 0 bridgehead atoms. The average Bonchev–Trinajstić information content (AvgIpc) is 2.78. The van der Waals surface area contributed by atoms with Crippen LogP contribution in [0.1, 0.15) is 37.6 Å². The molecule has 0 aliphatic heterocycles. The van der Waals surface area contributed by atoms with Crippen LogP contribution in [0.3, 0.4) is 0 Å². The average molecular weight is 335 g/mol. The predicted octanol–water partition coefficient (Wildman–Crippen LogP) is 2.26. The van der Waals surface area contributed by atoms with Crippen molar-refractivity contribution in [1.29, 1.82) is 0 Å². The molecule has 0 aliphatic carbocycles. The van der Waals surface area contributed by atoms with Gasteiger partial charge in [-0.1, -0.05) is 6.92 Å². The van der Waals surface area contributed by atoms with Gasteiger partial charge in [-0.15, -0.1) is 11.3 Å². The van der Waals surface area contributed by atoms with Gasteiger partial charge in [0.25, 0.3) is 0 Å². The van der Waals surface area contributed by atoms with E-state index in [1.165, 1.54) is 11.3 Å². The van der Waals surface area contributed by atoms with Crippen LogP contribution in [-0.4, -0.2) is 34.2 Å². The Hall–Kier alpha value is -0.470. The maximum Gasteiger partial charge on any atom is 0.242 e. The highest BCUT2D eigenvalue weighted by atomic mass is 32.2. The number of hydrogen-bond acceptors (Lipinski definition) is 5. The van der Waals surface area contributed by atoms with Crippen LogP contribution in [0.4, 0.5) is 0 Å². The zero-order valence-corrected chi connectivity index (χ0v) is 14.9. The molecule has 0 saturated carbocycles. The summed E-state index contributed by atoms with van der Waals surface area (Å²) in [6.45, 7) is 10.0. The first-order valence-electron chi connectivity index (χ1n) is 7.30. The van der Waals surface area contributed by atoms with Crippen LogP contribution < -0.4 is 10.0 Å². The Morgan fingerprint density at radius 2 is 2.10 bits per heavy atom. The van der Waals surface area contributed by atoms with Gasteiger partial charge in [0.05, 0.1) is 6.61 Å². The first-order valence-corrected chi connectivity index (χ1v) is 9.66. The summed E-state index contributed by atoms with van der Waals surface area (Å²) in [5.74, 6) is 0. The van der Waals surface area contributed by atoms with Gasteiger partial charge in [0, 0.05) is 24.1 Å². The van der Waals surface area contributed by atoms with Crippen molar-refractivity contribution in [3.8, 4) is 0 Å². The van der Waals surface area contributed by atoms with Crippen LogP contribution >= 0.6 is 11.3 Å². The van der Waals surface area contributed by atoms with Crippen molar-refractivity contribution < 1.29 is 13.2 Å². The van der Waals surface area contributed by atoms with E-state index in [1.807, 2.05) is 26.2 Å². The molecule has 0 aromatic carbocycles. The second-order valence-electron chi connectivity index (χ2n) is 5.03. The molecule has 5 nitrogen and oxygen atoms in total. The van der Waals surface area contributed by atoms with Gasteiger partial charge in [-0.25, -0.2) is 13.1 Å². The van der Waals surface area contributed by atoms with Crippen LogP contribution in [0.5, 0.6) is 0 Å². The zero-order chi connectivity index (χ0) is 15.9. The summed E-state index contributed by atoms with van der Waals surface area (Å²) in [6, 6.07) is -0.245. The summed E-state index contributed by atoms with van der Waals surface area (Å²) in [5, 5.41) is 5.15. The molecule has 0 aliphatic rings. The maximum atomic E-state index is 12.6. The number of sulfonamides is 1. The Morgan fingerprint density at radius 1 is 1.38 bits per heavy atom. The van der Waals surface area contributed by atoms with E-state index < -0.39 is 10.0 Å². The Kier molecular flexibility index (Phi) is 7.83. The molecule has 1 aromatic rings. The van der Waals surface area contributed by atoms with E-state index in [0.29, 0.717) is 24.7 Å². The van der Waals surface area contributed by atoms with Crippen molar-refractivity contribution in [2.75, 3.05) is 19.8 Å². The molecule has 0 amide bonds. The molecular weight excluding hydrogens is 308 g/mol. The highest BCUT2D eigenvalue weighted by Crippen LogP contribution is 2.26. The second kappa shape index (κ2) is 8.85. The molecule has 0 radical (unpaired) electrons. The normalized spacial score (nSPS) is 13.5. The molecule has 1 aromatic heterocycles. The zero-order valence-electron chi connectivity index (χ0n) is 13.2. The summed E-state index contributed by atoms with van der Waals surface area (Å²) in [5.41, 5.74) is 0.796. The second-order valence-corrected chi connectivity index (χ2v) is 7.64. The quantitative estimate of drug-likeness (QED) is 0.644. The van der Waals surface area contributed by atoms with Crippen LogP contribution in [0.2, 0.25) is 0 Å². The minimum atomic E-state index is -3.50. The molecule has 1 rings (SSSR count). The van der Waals surface area contributed by atoms with Crippen molar-refractivity contribution >= 4 is 21.4 Å². The Bertz CT molecular complexity index is 526. The molecule has 0 saturated heterocycles. The molecular formula is C14H26N2O3S2. The maximum absolute atomic E-state index is 12.6. The van der Waals surface area contributed by atoms with Crippen molar-refractivity contribution in [2.45, 2.75) is 51.6 Å². The number of ether oxygens (including phenoxy) is 1. The van der Waals surface area contributed by atoms with E-state index in [1.54, 1.807) is 0 Å². The van der Waals surface area contributed by atoms with Gasteiger partial charge in [0.2, 0.25) is 10.0 Å². The Balaban J connectivity index is 2.84. The fourth-order valence-electron chi connectivity index (χ4n) is 2.00. The summed E-state index contributed by atoms with van der Waals surface area (Å²) < 4.78 is 33.1. The van der Waals surface area contributed by atoms with Crippen molar-refractivity contribution in [3.63, 3.8) is 0 Å². The molecule has 21 heavy (non-hydrogen) atoms. The lowest BCUT2D eigenvalue weighted by Crippen LogP contribution is -2.36. The van der Waals surface area contributed by atoms with E-state index in [9.17, 15) is 8.42 Å². The number of aryl methyl sites for hydroxylation is 1. The highest BCUT2D eigenvalue weighted by molar-refractivity contribution is 7.89. The summed E-state index contributed by atoms with van der Waals surface area (Å²) in [4.78, 5) is 1.27.